The van der Waals surface area contributed by atoms with Gasteiger partial charge in [-0.2, -0.15) is 18.2 Å². The number of carboxylic acid groups (broad SMARTS) is 1. The molecule has 3 aromatic rings. The molecule has 2 aromatic heterocycles. The lowest BCUT2D eigenvalue weighted by atomic mass is 10.1. The van der Waals surface area contributed by atoms with E-state index in [0.717, 1.165) is 25.0 Å². The molecule has 2 bridgehead atoms. The quantitative estimate of drug-likeness (QED) is 0.661. The minimum absolute atomic E-state index is 0.105. The lowest BCUT2D eigenvalue weighted by Gasteiger charge is -2.38. The number of oxazole rings is 1. The van der Waals surface area contributed by atoms with Crippen molar-refractivity contribution in [2.45, 2.75) is 31.1 Å². The van der Waals surface area contributed by atoms with Crippen LogP contribution in [0.4, 0.5) is 24.0 Å². The minimum atomic E-state index is -4.52. The van der Waals surface area contributed by atoms with Gasteiger partial charge in [-0.1, -0.05) is 0 Å². The van der Waals surface area contributed by atoms with Crippen molar-refractivity contribution in [3.63, 3.8) is 0 Å². The number of nitrogens with zero attached hydrogens (tertiary/aromatic N) is 4. The summed E-state index contributed by atoms with van der Waals surface area (Å²) in [5.41, 5.74) is -0.217. The van der Waals surface area contributed by atoms with Crippen LogP contribution < -0.4 is 4.90 Å². The first-order valence-electron chi connectivity index (χ1n) is 8.99. The molecule has 29 heavy (non-hydrogen) atoms. The standard InChI is InChI=1S/C18H15F3N4O3S/c19-18(20,21)9-5-12(15-22-3-4-29-15)14-13(6-9)23-16(28-14)24-7-10-1-2-11(8-24)25(10)17(26)27/h3-6,10-11H,1-2,7-8H2,(H,26,27). The van der Waals surface area contributed by atoms with E-state index < -0.39 is 17.8 Å². The number of hydrogen-bond donors (Lipinski definition) is 1. The van der Waals surface area contributed by atoms with Crippen LogP contribution in [0.25, 0.3) is 21.7 Å². The predicted octanol–water partition coefficient (Wildman–Crippen LogP) is 4.30. The van der Waals surface area contributed by atoms with Gasteiger partial charge in [-0.3, -0.25) is 4.90 Å². The van der Waals surface area contributed by atoms with E-state index in [0.29, 0.717) is 18.1 Å². The van der Waals surface area contributed by atoms with Gasteiger partial charge < -0.3 is 14.4 Å². The third-order valence-corrected chi connectivity index (χ3v) is 6.25. The van der Waals surface area contributed by atoms with Crippen LogP contribution in [0.15, 0.2) is 28.1 Å². The van der Waals surface area contributed by atoms with Gasteiger partial charge in [-0.25, -0.2) is 9.78 Å². The van der Waals surface area contributed by atoms with E-state index in [-0.39, 0.29) is 34.8 Å². The van der Waals surface area contributed by atoms with Gasteiger partial charge in [-0.05, 0) is 25.0 Å². The highest BCUT2D eigenvalue weighted by molar-refractivity contribution is 7.13. The van der Waals surface area contributed by atoms with Crippen molar-refractivity contribution in [1.82, 2.24) is 14.9 Å². The summed E-state index contributed by atoms with van der Waals surface area (Å²) in [6.07, 6.45) is -2.46. The molecule has 0 radical (unpaired) electrons. The van der Waals surface area contributed by atoms with Gasteiger partial charge in [0, 0.05) is 24.7 Å². The van der Waals surface area contributed by atoms with E-state index in [1.54, 1.807) is 5.38 Å². The number of alkyl halides is 3. The number of thiazole rings is 1. The first kappa shape index (κ1) is 18.2. The zero-order valence-electron chi connectivity index (χ0n) is 14.9. The highest BCUT2D eigenvalue weighted by atomic mass is 32.1. The fourth-order valence-electron chi connectivity index (χ4n) is 4.21. The molecule has 0 saturated carbocycles. The molecule has 0 spiro atoms. The fourth-order valence-corrected chi connectivity index (χ4v) is 4.86. The maximum Gasteiger partial charge on any atom is 0.416 e. The van der Waals surface area contributed by atoms with Crippen LogP contribution >= 0.6 is 11.3 Å². The highest BCUT2D eigenvalue weighted by Crippen LogP contribution is 2.40. The first-order chi connectivity index (χ1) is 13.8. The van der Waals surface area contributed by atoms with E-state index in [4.69, 9.17) is 4.42 Å². The third kappa shape index (κ3) is 3.00. The number of hydrogen-bond acceptors (Lipinski definition) is 6. The molecule has 2 aliphatic rings. The molecule has 1 aromatic carbocycles. The summed E-state index contributed by atoms with van der Waals surface area (Å²) < 4.78 is 46.0. The molecule has 1 N–H and O–H groups in total. The summed E-state index contributed by atoms with van der Waals surface area (Å²) in [5, 5.41) is 11.5. The van der Waals surface area contributed by atoms with Crippen LogP contribution in [0, 0.1) is 0 Å². The van der Waals surface area contributed by atoms with Crippen molar-refractivity contribution < 1.29 is 27.5 Å². The van der Waals surface area contributed by atoms with Gasteiger partial charge >= 0.3 is 12.3 Å². The Bertz CT molecular complexity index is 1070. The van der Waals surface area contributed by atoms with Gasteiger partial charge in [-0.15, -0.1) is 11.3 Å². The maximum atomic E-state index is 13.4. The number of halogens is 3. The Hall–Kier alpha value is -2.82. The lowest BCUT2D eigenvalue weighted by molar-refractivity contribution is -0.137. The SMILES string of the molecule is O=C(O)N1C2CCC1CN(c1nc3cc(C(F)(F)F)cc(-c4nccs4)c3o1)C2. The third-order valence-electron chi connectivity index (χ3n) is 5.44. The lowest BCUT2D eigenvalue weighted by Crippen LogP contribution is -2.55. The number of benzene rings is 1. The van der Waals surface area contributed by atoms with Crippen LogP contribution in [0.5, 0.6) is 0 Å². The molecule has 152 valence electrons. The molecule has 2 aliphatic heterocycles. The average molecular weight is 424 g/mol. The Morgan fingerprint density at radius 1 is 1.24 bits per heavy atom. The number of anilines is 1. The zero-order valence-corrected chi connectivity index (χ0v) is 15.7. The Labute approximate surface area is 166 Å². The molecule has 0 aliphatic carbocycles. The molecular formula is C18H15F3N4O3S. The second kappa shape index (κ2) is 6.34. The van der Waals surface area contributed by atoms with Crippen molar-refractivity contribution in [2.24, 2.45) is 0 Å². The Morgan fingerprint density at radius 2 is 1.97 bits per heavy atom. The summed E-state index contributed by atoms with van der Waals surface area (Å²) >= 11 is 1.22. The highest BCUT2D eigenvalue weighted by Gasteiger charge is 2.44. The Kier molecular flexibility index (Phi) is 3.99. The van der Waals surface area contributed by atoms with Gasteiger partial charge in [0.05, 0.1) is 23.2 Å². The van der Waals surface area contributed by atoms with Crippen molar-refractivity contribution in [3.05, 3.63) is 29.3 Å². The Morgan fingerprint density at radius 3 is 2.55 bits per heavy atom. The molecule has 2 unspecified atom stereocenters. The molecule has 2 atom stereocenters. The maximum absolute atomic E-state index is 13.4. The smallest absolute Gasteiger partial charge is 0.416 e. The van der Waals surface area contributed by atoms with Crippen molar-refractivity contribution in [3.8, 4) is 10.6 Å². The number of carbonyl (C=O) groups is 1. The monoisotopic (exact) mass is 424 g/mol. The summed E-state index contributed by atoms with van der Waals surface area (Å²) in [4.78, 5) is 23.2. The molecule has 2 saturated heterocycles. The van der Waals surface area contributed by atoms with Crippen LogP contribution in [0.3, 0.4) is 0 Å². The van der Waals surface area contributed by atoms with Gasteiger partial charge in [0.1, 0.15) is 10.5 Å². The summed E-state index contributed by atoms with van der Waals surface area (Å²) in [7, 11) is 0. The molecule has 1 amide bonds. The zero-order chi connectivity index (χ0) is 20.3. The Balaban J connectivity index is 1.57. The van der Waals surface area contributed by atoms with Crippen LogP contribution in [-0.4, -0.2) is 51.2 Å². The normalized spacial score (nSPS) is 21.9. The number of rotatable bonds is 2. The second-order valence-corrected chi connectivity index (χ2v) is 8.08. The van der Waals surface area contributed by atoms with Crippen LogP contribution in [0.1, 0.15) is 18.4 Å². The van der Waals surface area contributed by atoms with Crippen molar-refractivity contribution >= 4 is 34.5 Å². The van der Waals surface area contributed by atoms with Crippen LogP contribution in [-0.2, 0) is 6.18 Å². The number of aromatic nitrogens is 2. The predicted molar refractivity (Wildman–Crippen MR) is 99.0 cm³/mol. The molecule has 11 heteroatoms. The number of piperazine rings is 1. The first-order valence-corrected chi connectivity index (χ1v) is 9.87. The summed E-state index contributed by atoms with van der Waals surface area (Å²) in [6, 6.07) is 1.86. The number of fused-ring (bicyclic) bond motifs is 3. The largest absolute Gasteiger partial charge is 0.465 e. The number of amides is 1. The van der Waals surface area contributed by atoms with Crippen LogP contribution in [0.2, 0.25) is 0 Å². The topological polar surface area (TPSA) is 82.7 Å². The minimum Gasteiger partial charge on any atom is -0.465 e. The van der Waals surface area contributed by atoms with Gasteiger partial charge in [0.2, 0.25) is 0 Å². The summed E-state index contributed by atoms with van der Waals surface area (Å²) in [6.45, 7) is 0.794. The average Bonchev–Trinajstić information content (AvgIpc) is 3.37. The summed E-state index contributed by atoms with van der Waals surface area (Å²) in [5.74, 6) is 0. The van der Waals surface area contributed by atoms with E-state index in [1.165, 1.54) is 22.4 Å². The van der Waals surface area contributed by atoms with Gasteiger partial charge in [0.15, 0.2) is 5.58 Å². The second-order valence-electron chi connectivity index (χ2n) is 7.18. The molecule has 5 rings (SSSR count). The van der Waals surface area contributed by atoms with E-state index >= 15 is 0 Å². The van der Waals surface area contributed by atoms with Gasteiger partial charge in [0.25, 0.3) is 6.01 Å². The molecule has 4 heterocycles. The van der Waals surface area contributed by atoms with E-state index in [9.17, 15) is 23.1 Å². The fraction of sp³-hybridized carbons (Fsp3) is 0.389. The van der Waals surface area contributed by atoms with Crippen molar-refractivity contribution in [1.29, 1.82) is 0 Å². The molecular weight excluding hydrogens is 409 g/mol. The van der Waals surface area contributed by atoms with E-state index in [1.807, 2.05) is 4.90 Å². The van der Waals surface area contributed by atoms with E-state index in [2.05, 4.69) is 9.97 Å². The molecule has 2 fully saturated rings. The molecule has 7 nitrogen and oxygen atoms in total. The van der Waals surface area contributed by atoms with Crippen molar-refractivity contribution in [2.75, 3.05) is 18.0 Å².